The number of sulfone groups is 1. The van der Waals surface area contributed by atoms with Gasteiger partial charge in [0, 0.05) is 6.04 Å². The van der Waals surface area contributed by atoms with Gasteiger partial charge in [-0.25, -0.2) is 8.42 Å². The van der Waals surface area contributed by atoms with E-state index in [1.54, 1.807) is 0 Å². The van der Waals surface area contributed by atoms with E-state index in [0.717, 1.165) is 12.1 Å². The zero-order valence-electron chi connectivity index (χ0n) is 10.1. The SMILES string of the molecule is O=S1(=O)CCCNC(c2cccc(C(F)(F)F)c2)C1. The van der Waals surface area contributed by atoms with E-state index in [4.69, 9.17) is 0 Å². The molecule has 1 fully saturated rings. The molecule has 0 aromatic heterocycles. The van der Waals surface area contributed by atoms with E-state index in [9.17, 15) is 21.6 Å². The van der Waals surface area contributed by atoms with Gasteiger partial charge in [-0.1, -0.05) is 12.1 Å². The van der Waals surface area contributed by atoms with Crippen LogP contribution in [-0.4, -0.2) is 26.5 Å². The summed E-state index contributed by atoms with van der Waals surface area (Å²) in [6.45, 7) is 0.486. The molecule has 1 unspecified atom stereocenters. The lowest BCUT2D eigenvalue weighted by atomic mass is 10.0. The number of alkyl halides is 3. The maximum Gasteiger partial charge on any atom is 0.416 e. The van der Waals surface area contributed by atoms with E-state index >= 15 is 0 Å². The van der Waals surface area contributed by atoms with Crippen LogP contribution in [0.25, 0.3) is 0 Å². The lowest BCUT2D eigenvalue weighted by Crippen LogP contribution is -2.25. The number of hydrogen-bond donors (Lipinski definition) is 1. The standard InChI is InChI=1S/C12H14F3NO2S/c13-12(14,15)10-4-1-3-9(7-10)11-8-19(17,18)6-2-5-16-11/h1,3-4,7,11,16H,2,5-6,8H2. The van der Waals surface area contributed by atoms with E-state index in [-0.39, 0.29) is 11.5 Å². The van der Waals surface area contributed by atoms with Crippen LogP contribution in [0.4, 0.5) is 13.2 Å². The van der Waals surface area contributed by atoms with Crippen molar-refractivity contribution >= 4 is 9.84 Å². The molecule has 3 nitrogen and oxygen atoms in total. The van der Waals surface area contributed by atoms with Crippen LogP contribution >= 0.6 is 0 Å². The molecule has 2 rings (SSSR count). The molecule has 1 aromatic rings. The summed E-state index contributed by atoms with van der Waals surface area (Å²) in [5.41, 5.74) is -0.395. The summed E-state index contributed by atoms with van der Waals surface area (Å²) in [7, 11) is -3.21. The summed E-state index contributed by atoms with van der Waals surface area (Å²) in [5, 5.41) is 2.99. The molecular formula is C12H14F3NO2S. The highest BCUT2D eigenvalue weighted by molar-refractivity contribution is 7.91. The maximum absolute atomic E-state index is 12.6. The normalized spacial score (nSPS) is 23.8. The third-order valence-corrected chi connectivity index (χ3v) is 4.81. The summed E-state index contributed by atoms with van der Waals surface area (Å²) < 4.78 is 61.2. The third kappa shape index (κ3) is 3.70. The first-order valence-corrected chi connectivity index (χ1v) is 7.71. The van der Waals surface area contributed by atoms with E-state index in [0.29, 0.717) is 18.5 Å². The zero-order chi connectivity index (χ0) is 14.1. The highest BCUT2D eigenvalue weighted by atomic mass is 32.2. The summed E-state index contributed by atoms with van der Waals surface area (Å²) in [6.07, 6.45) is -3.93. The van der Waals surface area contributed by atoms with Crippen molar-refractivity contribution in [1.82, 2.24) is 5.32 Å². The minimum absolute atomic E-state index is 0.0788. The molecule has 1 heterocycles. The fourth-order valence-electron chi connectivity index (χ4n) is 2.11. The molecule has 19 heavy (non-hydrogen) atoms. The predicted octanol–water partition coefficient (Wildman–Crippen LogP) is 2.15. The molecule has 1 aliphatic heterocycles. The molecule has 0 aliphatic carbocycles. The lowest BCUT2D eigenvalue weighted by molar-refractivity contribution is -0.137. The molecule has 1 aromatic carbocycles. The van der Waals surface area contributed by atoms with Crippen LogP contribution in [0.2, 0.25) is 0 Å². The Bertz CT molecular complexity index is 554. The topological polar surface area (TPSA) is 46.2 Å². The van der Waals surface area contributed by atoms with Gasteiger partial charge in [0.25, 0.3) is 0 Å². The highest BCUT2D eigenvalue weighted by Crippen LogP contribution is 2.31. The van der Waals surface area contributed by atoms with Crippen molar-refractivity contribution < 1.29 is 21.6 Å². The number of rotatable bonds is 1. The predicted molar refractivity (Wildman–Crippen MR) is 65.5 cm³/mol. The fraction of sp³-hybridized carbons (Fsp3) is 0.500. The summed E-state index contributed by atoms with van der Waals surface area (Å²) in [6, 6.07) is 4.24. The zero-order valence-corrected chi connectivity index (χ0v) is 10.9. The largest absolute Gasteiger partial charge is 0.416 e. The molecule has 0 radical (unpaired) electrons. The molecule has 1 aliphatic rings. The molecule has 106 valence electrons. The lowest BCUT2D eigenvalue weighted by Gasteiger charge is -2.17. The molecule has 7 heteroatoms. The van der Waals surface area contributed by atoms with Crippen molar-refractivity contribution in [3.05, 3.63) is 35.4 Å². The third-order valence-electron chi connectivity index (χ3n) is 3.06. The van der Waals surface area contributed by atoms with Gasteiger partial charge in [0.05, 0.1) is 17.1 Å². The van der Waals surface area contributed by atoms with E-state index < -0.39 is 27.6 Å². The average Bonchev–Trinajstić information content (AvgIpc) is 2.49. The molecule has 0 spiro atoms. The van der Waals surface area contributed by atoms with Crippen molar-refractivity contribution in [3.8, 4) is 0 Å². The first kappa shape index (κ1) is 14.3. The average molecular weight is 293 g/mol. The van der Waals surface area contributed by atoms with E-state index in [1.807, 2.05) is 0 Å². The van der Waals surface area contributed by atoms with Crippen molar-refractivity contribution in [2.24, 2.45) is 0 Å². The Balaban J connectivity index is 2.31. The molecule has 0 amide bonds. The number of benzene rings is 1. The van der Waals surface area contributed by atoms with Crippen molar-refractivity contribution in [1.29, 1.82) is 0 Å². The van der Waals surface area contributed by atoms with Crippen LogP contribution < -0.4 is 5.32 Å². The second-order valence-electron chi connectivity index (χ2n) is 4.60. The van der Waals surface area contributed by atoms with E-state index in [2.05, 4.69) is 5.32 Å². The molecular weight excluding hydrogens is 279 g/mol. The number of nitrogens with one attached hydrogen (secondary N) is 1. The quantitative estimate of drug-likeness (QED) is 0.863. The van der Waals surface area contributed by atoms with Crippen LogP contribution in [0.1, 0.15) is 23.6 Å². The summed E-state index contributed by atoms with van der Waals surface area (Å²) >= 11 is 0. The van der Waals surface area contributed by atoms with Crippen LogP contribution in [0.3, 0.4) is 0 Å². The smallest absolute Gasteiger partial charge is 0.309 e. The Morgan fingerprint density at radius 3 is 2.68 bits per heavy atom. The van der Waals surface area contributed by atoms with Gasteiger partial charge < -0.3 is 5.32 Å². The summed E-state index contributed by atoms with van der Waals surface area (Å²) in [5.74, 6) is -0.0796. The second-order valence-corrected chi connectivity index (χ2v) is 6.83. The minimum atomic E-state index is -4.42. The first-order chi connectivity index (χ1) is 8.78. The van der Waals surface area contributed by atoms with Gasteiger partial charge in [0.15, 0.2) is 9.84 Å². The van der Waals surface area contributed by atoms with Gasteiger partial charge >= 0.3 is 6.18 Å². The molecule has 0 saturated carbocycles. The van der Waals surface area contributed by atoms with Crippen LogP contribution in [0, 0.1) is 0 Å². The number of halogens is 3. The van der Waals surface area contributed by atoms with Crippen molar-refractivity contribution in [2.75, 3.05) is 18.1 Å². The van der Waals surface area contributed by atoms with Crippen LogP contribution in [-0.2, 0) is 16.0 Å². The van der Waals surface area contributed by atoms with Gasteiger partial charge in [-0.05, 0) is 30.7 Å². The number of hydrogen-bond acceptors (Lipinski definition) is 3. The Kier molecular flexibility index (Phi) is 3.87. The van der Waals surface area contributed by atoms with E-state index in [1.165, 1.54) is 12.1 Å². The Morgan fingerprint density at radius 2 is 2.00 bits per heavy atom. The molecule has 0 bridgehead atoms. The van der Waals surface area contributed by atoms with Gasteiger partial charge in [-0.2, -0.15) is 13.2 Å². The Hall–Kier alpha value is -1.08. The summed E-state index contributed by atoms with van der Waals surface area (Å²) in [4.78, 5) is 0. The minimum Gasteiger partial charge on any atom is -0.309 e. The molecule has 1 saturated heterocycles. The molecule has 1 atom stereocenters. The highest BCUT2D eigenvalue weighted by Gasteiger charge is 2.31. The van der Waals surface area contributed by atoms with Gasteiger partial charge in [-0.15, -0.1) is 0 Å². The van der Waals surface area contributed by atoms with Gasteiger partial charge in [0.1, 0.15) is 0 Å². The van der Waals surface area contributed by atoms with Crippen molar-refractivity contribution in [2.45, 2.75) is 18.6 Å². The first-order valence-electron chi connectivity index (χ1n) is 5.89. The van der Waals surface area contributed by atoms with Crippen LogP contribution in [0.5, 0.6) is 0 Å². The van der Waals surface area contributed by atoms with Crippen LogP contribution in [0.15, 0.2) is 24.3 Å². The molecule has 1 N–H and O–H groups in total. The monoisotopic (exact) mass is 293 g/mol. The van der Waals surface area contributed by atoms with Gasteiger partial charge in [0.2, 0.25) is 0 Å². The Morgan fingerprint density at radius 1 is 1.26 bits per heavy atom. The second kappa shape index (κ2) is 5.13. The fourth-order valence-corrected chi connectivity index (χ4v) is 3.68. The maximum atomic E-state index is 12.6. The van der Waals surface area contributed by atoms with Gasteiger partial charge in [-0.3, -0.25) is 0 Å². The van der Waals surface area contributed by atoms with Crippen molar-refractivity contribution in [3.63, 3.8) is 0 Å². The Labute approximate surface area is 109 Å².